The van der Waals surface area contributed by atoms with E-state index in [4.69, 9.17) is 9.47 Å². The smallest absolute Gasteiger partial charge is 0.387 e. The molecule has 3 aromatic rings. The molecule has 1 aromatic carbocycles. The normalized spacial score (nSPS) is 16.2. The third-order valence-electron chi connectivity index (χ3n) is 4.89. The number of hydrogen-bond donors (Lipinski definition) is 1. The molecule has 0 bridgehead atoms. The lowest BCUT2D eigenvalue weighted by atomic mass is 10.1. The van der Waals surface area contributed by atoms with E-state index in [0.717, 1.165) is 24.2 Å². The first-order valence-electron chi connectivity index (χ1n) is 10.1. The van der Waals surface area contributed by atoms with Gasteiger partial charge in [0.1, 0.15) is 17.3 Å². The Balaban J connectivity index is 1.56. The van der Waals surface area contributed by atoms with Gasteiger partial charge in [0, 0.05) is 31.0 Å². The average Bonchev–Trinajstić information content (AvgIpc) is 2.79. The van der Waals surface area contributed by atoms with Gasteiger partial charge >= 0.3 is 6.61 Å². The van der Waals surface area contributed by atoms with E-state index in [0.29, 0.717) is 29.9 Å². The van der Waals surface area contributed by atoms with Gasteiger partial charge in [0.25, 0.3) is 0 Å². The van der Waals surface area contributed by atoms with Crippen LogP contribution in [-0.4, -0.2) is 54.5 Å². The lowest BCUT2D eigenvalue weighted by molar-refractivity contribution is -0.0498. The van der Waals surface area contributed by atoms with Gasteiger partial charge in [-0.25, -0.2) is 9.97 Å². The third kappa shape index (κ3) is 5.20. The number of morpholine rings is 1. The Kier molecular flexibility index (Phi) is 6.60. The highest BCUT2D eigenvalue weighted by atomic mass is 19.3. The molecule has 1 aliphatic rings. The minimum absolute atomic E-state index is 0.0921. The van der Waals surface area contributed by atoms with Crippen molar-refractivity contribution in [2.45, 2.75) is 19.6 Å². The molecule has 1 aliphatic heterocycles. The molecule has 32 heavy (non-hydrogen) atoms. The van der Waals surface area contributed by atoms with Gasteiger partial charge in [-0.2, -0.15) is 13.8 Å². The monoisotopic (exact) mass is 443 g/mol. The van der Waals surface area contributed by atoms with Gasteiger partial charge in [-0.1, -0.05) is 12.1 Å². The Labute approximate surface area is 184 Å². The molecule has 1 saturated heterocycles. The summed E-state index contributed by atoms with van der Waals surface area (Å²) in [5.41, 5.74) is 2.17. The summed E-state index contributed by atoms with van der Waals surface area (Å²) in [6, 6.07) is 9.96. The second-order valence-corrected chi connectivity index (χ2v) is 7.18. The molecule has 0 spiro atoms. The zero-order chi connectivity index (χ0) is 22.5. The summed E-state index contributed by atoms with van der Waals surface area (Å²) in [5, 5.41) is 3.24. The fraction of sp³-hybridized carbons (Fsp3) is 0.318. The van der Waals surface area contributed by atoms with Crippen LogP contribution in [0.2, 0.25) is 0 Å². The molecule has 2 aromatic heterocycles. The fourth-order valence-corrected chi connectivity index (χ4v) is 3.40. The molecule has 1 unspecified atom stereocenters. The Morgan fingerprint density at radius 1 is 1.16 bits per heavy atom. The van der Waals surface area contributed by atoms with Crippen LogP contribution in [0.4, 0.5) is 26.2 Å². The Morgan fingerprint density at radius 2 is 1.97 bits per heavy atom. The number of alkyl halides is 2. The molecule has 1 N–H and O–H groups in total. The van der Waals surface area contributed by atoms with E-state index in [1.54, 1.807) is 30.6 Å². The maximum atomic E-state index is 12.4. The van der Waals surface area contributed by atoms with Gasteiger partial charge < -0.3 is 24.4 Å². The van der Waals surface area contributed by atoms with Crippen LogP contribution in [0, 0.1) is 0 Å². The standard InChI is InChI=1S/C22H23F2N5O3/c1-14-13-29(9-10-31-14)22-25-8-7-19(28-22)27-18-11-16(12-26-20(18)30-2)15-3-5-17(6-4-15)32-21(23)24/h3-8,11-12,14,21H,9-10,13H2,1-2H3,(H,25,27,28). The molecule has 0 saturated carbocycles. The zero-order valence-corrected chi connectivity index (χ0v) is 17.7. The number of halogens is 2. The van der Waals surface area contributed by atoms with Crippen LogP contribution in [0.5, 0.6) is 11.6 Å². The molecule has 3 heterocycles. The molecule has 10 heteroatoms. The van der Waals surface area contributed by atoms with Crippen LogP contribution in [0.3, 0.4) is 0 Å². The first-order valence-corrected chi connectivity index (χ1v) is 10.1. The van der Waals surface area contributed by atoms with Gasteiger partial charge in [0.05, 0.1) is 19.8 Å². The lowest BCUT2D eigenvalue weighted by Gasteiger charge is -2.31. The summed E-state index contributed by atoms with van der Waals surface area (Å²) in [6.45, 7) is 1.22. The highest BCUT2D eigenvalue weighted by molar-refractivity contribution is 5.72. The summed E-state index contributed by atoms with van der Waals surface area (Å²) in [6.07, 6.45) is 3.45. The van der Waals surface area contributed by atoms with Gasteiger partial charge in [-0.05, 0) is 36.8 Å². The number of nitrogens with zero attached hydrogens (tertiary/aromatic N) is 4. The van der Waals surface area contributed by atoms with Crippen molar-refractivity contribution in [1.82, 2.24) is 15.0 Å². The quantitative estimate of drug-likeness (QED) is 0.584. The Bertz CT molecular complexity index is 1050. The molecule has 0 aliphatic carbocycles. The van der Waals surface area contributed by atoms with Crippen LogP contribution in [-0.2, 0) is 4.74 Å². The molecular formula is C22H23F2N5O3. The molecular weight excluding hydrogens is 420 g/mol. The number of nitrogens with one attached hydrogen (secondary N) is 1. The molecule has 8 nitrogen and oxygen atoms in total. The second-order valence-electron chi connectivity index (χ2n) is 7.18. The van der Waals surface area contributed by atoms with Crippen LogP contribution in [0.15, 0.2) is 48.8 Å². The average molecular weight is 443 g/mol. The Hall–Kier alpha value is -3.53. The topological polar surface area (TPSA) is 81.6 Å². The van der Waals surface area contributed by atoms with E-state index in [-0.39, 0.29) is 11.9 Å². The molecule has 1 fully saturated rings. The van der Waals surface area contributed by atoms with Crippen molar-refractivity contribution in [3.8, 4) is 22.8 Å². The molecule has 0 radical (unpaired) electrons. The first-order chi connectivity index (χ1) is 15.5. The van der Waals surface area contributed by atoms with Gasteiger partial charge in [0.2, 0.25) is 11.8 Å². The van der Waals surface area contributed by atoms with E-state index in [2.05, 4.69) is 29.9 Å². The number of methoxy groups -OCH3 is 1. The van der Waals surface area contributed by atoms with Crippen molar-refractivity contribution in [2.24, 2.45) is 0 Å². The van der Waals surface area contributed by atoms with Crippen molar-refractivity contribution in [1.29, 1.82) is 0 Å². The summed E-state index contributed by atoms with van der Waals surface area (Å²) >= 11 is 0. The summed E-state index contributed by atoms with van der Waals surface area (Å²) in [7, 11) is 1.53. The molecule has 168 valence electrons. The number of ether oxygens (including phenoxy) is 3. The first kappa shape index (κ1) is 21.7. The van der Waals surface area contributed by atoms with Crippen LogP contribution < -0.4 is 19.7 Å². The third-order valence-corrected chi connectivity index (χ3v) is 4.89. The zero-order valence-electron chi connectivity index (χ0n) is 17.7. The minimum Gasteiger partial charge on any atom is -0.480 e. The number of anilines is 3. The predicted molar refractivity (Wildman–Crippen MR) is 116 cm³/mol. The fourth-order valence-electron chi connectivity index (χ4n) is 3.40. The minimum atomic E-state index is -2.86. The molecule has 0 amide bonds. The van der Waals surface area contributed by atoms with E-state index in [1.165, 1.54) is 19.2 Å². The highest BCUT2D eigenvalue weighted by Crippen LogP contribution is 2.31. The van der Waals surface area contributed by atoms with E-state index >= 15 is 0 Å². The van der Waals surface area contributed by atoms with Crippen molar-refractivity contribution < 1.29 is 23.0 Å². The van der Waals surface area contributed by atoms with Gasteiger partial charge in [-0.15, -0.1) is 0 Å². The van der Waals surface area contributed by atoms with Crippen LogP contribution in [0.25, 0.3) is 11.1 Å². The second kappa shape index (κ2) is 9.73. The highest BCUT2D eigenvalue weighted by Gasteiger charge is 2.19. The number of benzene rings is 1. The summed E-state index contributed by atoms with van der Waals surface area (Å²) in [4.78, 5) is 15.4. The maximum absolute atomic E-state index is 12.4. The van der Waals surface area contributed by atoms with Crippen molar-refractivity contribution in [3.05, 3.63) is 48.8 Å². The van der Waals surface area contributed by atoms with E-state index in [1.807, 2.05) is 13.0 Å². The largest absolute Gasteiger partial charge is 0.480 e. The lowest BCUT2D eigenvalue weighted by Crippen LogP contribution is -2.42. The summed E-state index contributed by atoms with van der Waals surface area (Å²) < 4.78 is 40.1. The predicted octanol–water partition coefficient (Wildman–Crippen LogP) is 4.12. The van der Waals surface area contributed by atoms with Gasteiger partial charge in [0.15, 0.2) is 0 Å². The molecule has 1 atom stereocenters. The van der Waals surface area contributed by atoms with Crippen molar-refractivity contribution in [2.75, 3.05) is 37.0 Å². The van der Waals surface area contributed by atoms with Crippen molar-refractivity contribution >= 4 is 17.5 Å². The van der Waals surface area contributed by atoms with E-state index < -0.39 is 6.61 Å². The summed E-state index contributed by atoms with van der Waals surface area (Å²) in [5.74, 6) is 1.69. The number of aromatic nitrogens is 3. The van der Waals surface area contributed by atoms with Crippen LogP contribution in [0.1, 0.15) is 6.92 Å². The Morgan fingerprint density at radius 3 is 2.69 bits per heavy atom. The van der Waals surface area contributed by atoms with Gasteiger partial charge in [-0.3, -0.25) is 0 Å². The SMILES string of the molecule is COc1ncc(-c2ccc(OC(F)F)cc2)cc1Nc1ccnc(N2CCOC(C)C2)n1. The number of rotatable bonds is 7. The maximum Gasteiger partial charge on any atom is 0.387 e. The van der Waals surface area contributed by atoms with Crippen molar-refractivity contribution in [3.63, 3.8) is 0 Å². The molecule has 4 rings (SSSR count). The van der Waals surface area contributed by atoms with E-state index in [9.17, 15) is 8.78 Å². The number of hydrogen-bond acceptors (Lipinski definition) is 8. The van der Waals surface area contributed by atoms with Crippen LogP contribution >= 0.6 is 0 Å². The number of pyridine rings is 1.